The molecule has 0 aromatic heterocycles. The molecule has 0 rings (SSSR count). The summed E-state index contributed by atoms with van der Waals surface area (Å²) in [4.78, 5) is 10.1. The van der Waals surface area contributed by atoms with Crippen LogP contribution in [0.25, 0.3) is 0 Å². The lowest BCUT2D eigenvalue weighted by Crippen LogP contribution is -2.01. The van der Waals surface area contributed by atoms with E-state index in [-0.39, 0.29) is 0 Å². The number of ether oxygens (including phenoxy) is 1. The minimum Gasteiger partial charge on any atom is -0.450 e. The van der Waals surface area contributed by atoms with Crippen LogP contribution in [0.3, 0.4) is 0 Å². The van der Waals surface area contributed by atoms with Crippen molar-refractivity contribution < 1.29 is 14.6 Å². The maximum absolute atomic E-state index is 10.1. The molecule has 0 spiro atoms. The number of carboxylic acid groups (broad SMARTS) is 1. The van der Waals surface area contributed by atoms with Crippen molar-refractivity contribution in [1.82, 2.24) is 0 Å². The Labute approximate surface area is 136 Å². The highest BCUT2D eigenvalue weighted by atomic mass is 16.7. The van der Waals surface area contributed by atoms with Crippen molar-refractivity contribution in [2.24, 2.45) is 0 Å². The van der Waals surface area contributed by atoms with Gasteiger partial charge in [0.2, 0.25) is 0 Å². The van der Waals surface area contributed by atoms with Gasteiger partial charge in [-0.15, -0.1) is 0 Å². The van der Waals surface area contributed by atoms with Gasteiger partial charge in [0.25, 0.3) is 0 Å². The Bertz CT molecular complexity index is 295. The van der Waals surface area contributed by atoms with Gasteiger partial charge >= 0.3 is 6.16 Å². The molecule has 3 nitrogen and oxygen atoms in total. The lowest BCUT2D eigenvalue weighted by atomic mass is 10.1. The van der Waals surface area contributed by atoms with Crippen LogP contribution in [0.5, 0.6) is 0 Å². The van der Waals surface area contributed by atoms with Gasteiger partial charge in [-0.3, -0.25) is 0 Å². The van der Waals surface area contributed by atoms with Crippen LogP contribution >= 0.6 is 0 Å². The summed E-state index contributed by atoms with van der Waals surface area (Å²) in [5, 5.41) is 8.31. The van der Waals surface area contributed by atoms with E-state index in [0.717, 1.165) is 19.3 Å². The van der Waals surface area contributed by atoms with Crippen molar-refractivity contribution in [2.45, 2.75) is 84.0 Å². The van der Waals surface area contributed by atoms with Crippen molar-refractivity contribution in [3.63, 3.8) is 0 Å². The average molecular weight is 310 g/mol. The smallest absolute Gasteiger partial charge is 0.450 e. The van der Waals surface area contributed by atoms with E-state index in [1.165, 1.54) is 57.8 Å². The molecule has 0 atom stereocenters. The predicted octanol–water partition coefficient (Wildman–Crippen LogP) is 6.49. The first-order chi connectivity index (χ1) is 10.8. The molecular formula is C19H34O3. The molecule has 0 saturated heterocycles. The quantitative estimate of drug-likeness (QED) is 0.213. The molecule has 3 heteroatoms. The van der Waals surface area contributed by atoms with E-state index in [1.807, 2.05) is 0 Å². The zero-order valence-electron chi connectivity index (χ0n) is 14.3. The zero-order valence-corrected chi connectivity index (χ0v) is 14.3. The van der Waals surface area contributed by atoms with Crippen LogP contribution in [-0.4, -0.2) is 17.9 Å². The van der Waals surface area contributed by atoms with Crippen molar-refractivity contribution in [3.8, 4) is 0 Å². The summed E-state index contributed by atoms with van der Waals surface area (Å²) in [6.07, 6.45) is 22.2. The van der Waals surface area contributed by atoms with Gasteiger partial charge in [0, 0.05) is 0 Å². The largest absolute Gasteiger partial charge is 0.505 e. The van der Waals surface area contributed by atoms with Crippen molar-refractivity contribution >= 4 is 6.16 Å². The fourth-order valence-corrected chi connectivity index (χ4v) is 2.25. The van der Waals surface area contributed by atoms with Gasteiger partial charge in [-0.1, -0.05) is 69.8 Å². The summed E-state index contributed by atoms with van der Waals surface area (Å²) >= 11 is 0. The molecule has 0 fully saturated rings. The Hall–Kier alpha value is -1.25. The van der Waals surface area contributed by atoms with Crippen molar-refractivity contribution in [1.29, 1.82) is 0 Å². The first-order valence-electron chi connectivity index (χ1n) is 8.93. The van der Waals surface area contributed by atoms with Crippen molar-refractivity contribution in [2.75, 3.05) is 6.61 Å². The normalized spacial score (nSPS) is 11.5. The summed E-state index contributed by atoms with van der Waals surface area (Å²) in [5.41, 5.74) is 0. The molecular weight excluding hydrogens is 276 g/mol. The van der Waals surface area contributed by atoms with Crippen LogP contribution in [0.1, 0.15) is 84.0 Å². The standard InChI is InChI=1S/C19H34O3/c1-2-3-4-5-6-7-8-9-10-11-12-13-14-15-16-17-18-22-19(20)21/h6-7,9-10H,2-5,8,11-18H2,1H3,(H,20,21). The second-order valence-corrected chi connectivity index (χ2v) is 5.70. The SMILES string of the molecule is CCCCCC=CCC=CCCCCCCCCOC(=O)O. The third kappa shape index (κ3) is 18.8. The maximum atomic E-state index is 10.1. The lowest BCUT2D eigenvalue weighted by molar-refractivity contribution is 0.0899. The minimum atomic E-state index is -1.16. The molecule has 0 aromatic rings. The van der Waals surface area contributed by atoms with Crippen LogP contribution in [0.2, 0.25) is 0 Å². The summed E-state index contributed by atoms with van der Waals surface area (Å²) in [6.45, 7) is 2.57. The monoisotopic (exact) mass is 310 g/mol. The van der Waals surface area contributed by atoms with Crippen LogP contribution in [0.15, 0.2) is 24.3 Å². The minimum absolute atomic E-state index is 0.337. The number of rotatable bonds is 15. The lowest BCUT2D eigenvalue weighted by Gasteiger charge is -2.01. The van der Waals surface area contributed by atoms with E-state index in [1.54, 1.807) is 0 Å². The topological polar surface area (TPSA) is 46.5 Å². The van der Waals surface area contributed by atoms with Crippen molar-refractivity contribution in [3.05, 3.63) is 24.3 Å². The number of hydrogen-bond acceptors (Lipinski definition) is 2. The molecule has 0 saturated carbocycles. The summed E-state index contributed by atoms with van der Waals surface area (Å²) in [7, 11) is 0. The molecule has 1 N–H and O–H groups in total. The Balaban J connectivity index is 3.15. The van der Waals surface area contributed by atoms with Crippen LogP contribution in [0.4, 0.5) is 4.79 Å². The highest BCUT2D eigenvalue weighted by molar-refractivity contribution is 5.56. The van der Waals surface area contributed by atoms with E-state index < -0.39 is 6.16 Å². The van der Waals surface area contributed by atoms with E-state index in [4.69, 9.17) is 5.11 Å². The first kappa shape index (κ1) is 20.8. The molecule has 0 aliphatic carbocycles. The fraction of sp³-hybridized carbons (Fsp3) is 0.737. The molecule has 0 bridgehead atoms. The first-order valence-corrected chi connectivity index (χ1v) is 8.93. The highest BCUT2D eigenvalue weighted by Crippen LogP contribution is 2.08. The Kier molecular flexibility index (Phi) is 16.8. The van der Waals surface area contributed by atoms with Gasteiger partial charge in [-0.05, 0) is 38.5 Å². The Morgan fingerprint density at radius 1 is 0.818 bits per heavy atom. The summed E-state index contributed by atoms with van der Waals surface area (Å²) in [6, 6.07) is 0. The molecule has 0 unspecified atom stereocenters. The molecule has 0 heterocycles. The maximum Gasteiger partial charge on any atom is 0.505 e. The molecule has 0 amide bonds. The van der Waals surface area contributed by atoms with Gasteiger partial charge in [0.15, 0.2) is 0 Å². The molecule has 22 heavy (non-hydrogen) atoms. The number of allylic oxidation sites excluding steroid dienone is 4. The van der Waals surface area contributed by atoms with Gasteiger partial charge in [-0.25, -0.2) is 4.79 Å². The van der Waals surface area contributed by atoms with Gasteiger partial charge in [0.05, 0.1) is 6.61 Å². The van der Waals surface area contributed by atoms with Crippen LogP contribution in [0, 0.1) is 0 Å². The fourth-order valence-electron chi connectivity index (χ4n) is 2.25. The predicted molar refractivity (Wildman–Crippen MR) is 93.3 cm³/mol. The van der Waals surface area contributed by atoms with E-state index in [2.05, 4.69) is 36.0 Å². The Morgan fingerprint density at radius 2 is 1.36 bits per heavy atom. The number of carbonyl (C=O) groups is 1. The number of unbranched alkanes of at least 4 members (excludes halogenated alkanes) is 9. The Morgan fingerprint density at radius 3 is 1.95 bits per heavy atom. The zero-order chi connectivity index (χ0) is 16.3. The van der Waals surface area contributed by atoms with Gasteiger partial charge in [0.1, 0.15) is 0 Å². The highest BCUT2D eigenvalue weighted by Gasteiger charge is 1.95. The molecule has 0 aromatic carbocycles. The third-order valence-electron chi connectivity index (χ3n) is 3.57. The molecule has 0 aliphatic heterocycles. The van der Waals surface area contributed by atoms with E-state index in [0.29, 0.717) is 6.61 Å². The van der Waals surface area contributed by atoms with Gasteiger partial charge in [-0.2, -0.15) is 0 Å². The summed E-state index contributed by atoms with van der Waals surface area (Å²) < 4.78 is 4.46. The van der Waals surface area contributed by atoms with E-state index >= 15 is 0 Å². The molecule has 0 aliphatic rings. The van der Waals surface area contributed by atoms with E-state index in [9.17, 15) is 4.79 Å². The molecule has 128 valence electrons. The number of hydrogen-bond donors (Lipinski definition) is 1. The van der Waals surface area contributed by atoms with Crippen LogP contribution in [-0.2, 0) is 4.74 Å². The second-order valence-electron chi connectivity index (χ2n) is 5.70. The average Bonchev–Trinajstić information content (AvgIpc) is 2.50. The second kappa shape index (κ2) is 17.8. The van der Waals surface area contributed by atoms with Crippen LogP contribution < -0.4 is 0 Å². The van der Waals surface area contributed by atoms with Gasteiger partial charge < -0.3 is 9.84 Å². The summed E-state index contributed by atoms with van der Waals surface area (Å²) in [5.74, 6) is 0. The molecule has 0 radical (unpaired) electrons. The third-order valence-corrected chi connectivity index (χ3v) is 3.57.